The number of hydrogen-bond acceptors (Lipinski definition) is 3. The number of benzene rings is 1. The van der Waals surface area contributed by atoms with E-state index in [1.165, 1.54) is 0 Å². The van der Waals surface area contributed by atoms with E-state index in [9.17, 15) is 9.59 Å². The Kier molecular flexibility index (Phi) is 1.69. The molecule has 2 heterocycles. The lowest BCUT2D eigenvalue weighted by Gasteiger charge is -2.35. The summed E-state index contributed by atoms with van der Waals surface area (Å²) in [5, 5.41) is 0. The van der Waals surface area contributed by atoms with Crippen LogP contribution < -0.4 is 4.90 Å². The first kappa shape index (κ1) is 8.65. The van der Waals surface area contributed by atoms with Crippen molar-refractivity contribution in [2.75, 3.05) is 18.0 Å². The molecule has 0 amide bonds. The minimum absolute atomic E-state index is 0.165. The Morgan fingerprint density at radius 1 is 0.933 bits per heavy atom. The van der Waals surface area contributed by atoms with Crippen LogP contribution in [-0.4, -0.2) is 24.7 Å². The van der Waals surface area contributed by atoms with Crippen LogP contribution in [-0.2, 0) is 0 Å². The van der Waals surface area contributed by atoms with E-state index in [1.54, 1.807) is 6.07 Å². The fraction of sp³-hybridized carbons (Fsp3) is 0.333. The Bertz CT molecular complexity index is 426. The van der Waals surface area contributed by atoms with Crippen LogP contribution in [0.5, 0.6) is 0 Å². The summed E-state index contributed by atoms with van der Waals surface area (Å²) in [6.07, 6.45) is 1.15. The number of rotatable bonds is 0. The van der Waals surface area contributed by atoms with Gasteiger partial charge >= 0.3 is 0 Å². The van der Waals surface area contributed by atoms with Crippen molar-refractivity contribution in [1.29, 1.82) is 0 Å². The summed E-state index contributed by atoms with van der Waals surface area (Å²) in [5.41, 5.74) is 2.34. The van der Waals surface area contributed by atoms with Gasteiger partial charge in [-0.1, -0.05) is 6.07 Å². The lowest BCUT2D eigenvalue weighted by atomic mass is 9.91. The molecule has 0 atom stereocenters. The highest BCUT2D eigenvalue weighted by Gasteiger charge is 2.30. The average molecular weight is 201 g/mol. The van der Waals surface area contributed by atoms with Gasteiger partial charge in [0.25, 0.3) is 0 Å². The molecular formula is C12H11NO2. The number of ketones is 2. The first-order valence-electron chi connectivity index (χ1n) is 5.22. The Hall–Kier alpha value is -1.64. The van der Waals surface area contributed by atoms with Gasteiger partial charge in [-0.2, -0.15) is 0 Å². The summed E-state index contributed by atoms with van der Waals surface area (Å²) < 4.78 is 0. The normalized spacial score (nSPS) is 19.1. The third-order valence-corrected chi connectivity index (χ3v) is 3.17. The van der Waals surface area contributed by atoms with Crippen molar-refractivity contribution in [2.45, 2.75) is 12.8 Å². The molecule has 0 aromatic heterocycles. The number of hydrogen-bond donors (Lipinski definition) is 0. The molecule has 3 rings (SSSR count). The molecule has 0 radical (unpaired) electrons. The van der Waals surface area contributed by atoms with Gasteiger partial charge in [-0.25, -0.2) is 0 Å². The molecule has 0 spiro atoms. The van der Waals surface area contributed by atoms with E-state index in [0.717, 1.165) is 29.9 Å². The highest BCUT2D eigenvalue weighted by molar-refractivity contribution is 6.12. The molecule has 1 aromatic carbocycles. The number of carbonyl (C=O) groups is 2. The number of anilines is 1. The Morgan fingerprint density at radius 2 is 1.47 bits per heavy atom. The highest BCUT2D eigenvalue weighted by atomic mass is 16.1. The lowest BCUT2D eigenvalue weighted by Crippen LogP contribution is -2.38. The Balaban J connectivity index is 2.28. The van der Waals surface area contributed by atoms with E-state index in [2.05, 4.69) is 4.90 Å². The smallest absolute Gasteiger partial charge is 0.166 e. The Morgan fingerprint density at radius 3 is 2.00 bits per heavy atom. The topological polar surface area (TPSA) is 37.4 Å². The maximum atomic E-state index is 11.7. The van der Waals surface area contributed by atoms with E-state index < -0.39 is 0 Å². The van der Waals surface area contributed by atoms with Gasteiger partial charge in [0, 0.05) is 37.1 Å². The van der Waals surface area contributed by atoms with Crippen LogP contribution in [0, 0.1) is 0 Å². The van der Waals surface area contributed by atoms with Crippen molar-refractivity contribution in [3.63, 3.8) is 0 Å². The Labute approximate surface area is 87.7 Å². The molecule has 0 fully saturated rings. The van der Waals surface area contributed by atoms with E-state index in [-0.39, 0.29) is 11.6 Å². The van der Waals surface area contributed by atoms with Crippen molar-refractivity contribution < 1.29 is 9.59 Å². The minimum atomic E-state index is 0.165. The predicted molar refractivity (Wildman–Crippen MR) is 56.6 cm³/mol. The maximum Gasteiger partial charge on any atom is 0.166 e. The summed E-state index contributed by atoms with van der Waals surface area (Å²) in [6, 6.07) is 5.46. The summed E-state index contributed by atoms with van der Waals surface area (Å²) >= 11 is 0. The van der Waals surface area contributed by atoms with Gasteiger partial charge in [-0.3, -0.25) is 9.59 Å². The van der Waals surface area contributed by atoms with Crippen LogP contribution in [0.3, 0.4) is 0 Å². The number of carbonyl (C=O) groups excluding carboxylic acids is 2. The SMILES string of the molecule is O=C1CCN2CCC(=O)c3cccc1c32. The van der Waals surface area contributed by atoms with Gasteiger partial charge in [-0.15, -0.1) is 0 Å². The molecule has 0 N–H and O–H groups in total. The van der Waals surface area contributed by atoms with Gasteiger partial charge in [0.2, 0.25) is 0 Å². The molecule has 15 heavy (non-hydrogen) atoms. The van der Waals surface area contributed by atoms with E-state index in [0.29, 0.717) is 12.8 Å². The largest absolute Gasteiger partial charge is 0.369 e. The van der Waals surface area contributed by atoms with Crippen LogP contribution in [0.15, 0.2) is 18.2 Å². The minimum Gasteiger partial charge on any atom is -0.369 e. The van der Waals surface area contributed by atoms with Gasteiger partial charge < -0.3 is 4.90 Å². The van der Waals surface area contributed by atoms with Gasteiger partial charge in [0.15, 0.2) is 11.6 Å². The van der Waals surface area contributed by atoms with Crippen molar-refractivity contribution in [3.05, 3.63) is 29.3 Å². The highest BCUT2D eigenvalue weighted by Crippen LogP contribution is 2.34. The quantitative estimate of drug-likeness (QED) is 0.640. The van der Waals surface area contributed by atoms with Gasteiger partial charge in [0.05, 0.1) is 5.69 Å². The third-order valence-electron chi connectivity index (χ3n) is 3.17. The van der Waals surface area contributed by atoms with E-state index in [4.69, 9.17) is 0 Å². The first-order valence-corrected chi connectivity index (χ1v) is 5.22. The second-order valence-electron chi connectivity index (χ2n) is 4.04. The molecule has 0 unspecified atom stereocenters. The van der Waals surface area contributed by atoms with Crippen LogP contribution in [0.4, 0.5) is 5.69 Å². The molecule has 2 aliphatic heterocycles. The molecule has 3 heteroatoms. The number of para-hydroxylation sites is 1. The first-order chi connectivity index (χ1) is 7.27. The average Bonchev–Trinajstić information content (AvgIpc) is 2.27. The zero-order valence-electron chi connectivity index (χ0n) is 8.32. The van der Waals surface area contributed by atoms with Crippen LogP contribution >= 0.6 is 0 Å². The lowest BCUT2D eigenvalue weighted by molar-refractivity contribution is 0.0969. The molecule has 0 aliphatic carbocycles. The van der Waals surface area contributed by atoms with Gasteiger partial charge in [-0.05, 0) is 12.1 Å². The zero-order valence-corrected chi connectivity index (χ0v) is 8.32. The van der Waals surface area contributed by atoms with Gasteiger partial charge in [0.1, 0.15) is 0 Å². The summed E-state index contributed by atoms with van der Waals surface area (Å²) in [6.45, 7) is 1.52. The summed E-state index contributed by atoms with van der Waals surface area (Å²) in [5.74, 6) is 0.329. The molecule has 2 aliphatic rings. The maximum absolute atomic E-state index is 11.7. The third kappa shape index (κ3) is 1.12. The molecule has 76 valence electrons. The number of nitrogens with zero attached hydrogens (tertiary/aromatic N) is 1. The molecule has 0 saturated carbocycles. The fourth-order valence-corrected chi connectivity index (χ4v) is 2.41. The monoisotopic (exact) mass is 201 g/mol. The molecule has 0 saturated heterocycles. The standard InChI is InChI=1S/C12H11NO2/c14-10-4-6-13-7-5-11(15)9-3-1-2-8(10)12(9)13/h1-3H,4-7H2. The van der Waals surface area contributed by atoms with Crippen molar-refractivity contribution >= 4 is 17.3 Å². The van der Waals surface area contributed by atoms with E-state index in [1.807, 2.05) is 12.1 Å². The fourth-order valence-electron chi connectivity index (χ4n) is 2.41. The van der Waals surface area contributed by atoms with Crippen LogP contribution in [0.2, 0.25) is 0 Å². The number of Topliss-reactive ketones (excluding diaryl/α,β-unsaturated/α-hetero) is 2. The van der Waals surface area contributed by atoms with E-state index >= 15 is 0 Å². The second-order valence-corrected chi connectivity index (χ2v) is 4.04. The molecular weight excluding hydrogens is 190 g/mol. The predicted octanol–water partition coefficient (Wildman–Crippen LogP) is 1.67. The second kappa shape index (κ2) is 2.92. The van der Waals surface area contributed by atoms with Crippen molar-refractivity contribution in [1.82, 2.24) is 0 Å². The molecule has 1 aromatic rings. The zero-order chi connectivity index (χ0) is 10.4. The molecule has 3 nitrogen and oxygen atoms in total. The molecule has 0 bridgehead atoms. The van der Waals surface area contributed by atoms with Crippen LogP contribution in [0.1, 0.15) is 33.6 Å². The van der Waals surface area contributed by atoms with Crippen molar-refractivity contribution in [3.8, 4) is 0 Å². The summed E-state index contributed by atoms with van der Waals surface area (Å²) in [4.78, 5) is 25.5. The van der Waals surface area contributed by atoms with Crippen molar-refractivity contribution in [2.24, 2.45) is 0 Å². The summed E-state index contributed by atoms with van der Waals surface area (Å²) in [7, 11) is 0. The van der Waals surface area contributed by atoms with Crippen LogP contribution in [0.25, 0.3) is 0 Å².